The van der Waals surface area contributed by atoms with E-state index in [0.717, 1.165) is 22.5 Å². The van der Waals surface area contributed by atoms with Gasteiger partial charge in [0.05, 0.1) is 11.4 Å². The third-order valence-electron chi connectivity index (χ3n) is 2.69. The van der Waals surface area contributed by atoms with E-state index in [-0.39, 0.29) is 0 Å². The molecule has 0 bridgehead atoms. The monoisotopic (exact) mass is 217 g/mol. The van der Waals surface area contributed by atoms with Gasteiger partial charge in [-0.15, -0.1) is 0 Å². The summed E-state index contributed by atoms with van der Waals surface area (Å²) in [5.41, 5.74) is 3.54. The van der Waals surface area contributed by atoms with Crippen LogP contribution in [0.2, 0.25) is 0 Å². The molecule has 2 aromatic rings. The molecular formula is C12H15N3O. The maximum absolute atomic E-state index is 10.3. The van der Waals surface area contributed by atoms with E-state index in [1.165, 1.54) is 0 Å². The van der Waals surface area contributed by atoms with Crippen molar-refractivity contribution in [2.45, 2.75) is 20.0 Å². The lowest BCUT2D eigenvalue weighted by Gasteiger charge is -2.13. The molecule has 1 atom stereocenters. The summed E-state index contributed by atoms with van der Waals surface area (Å²) >= 11 is 0. The SMILES string of the molecule is Cc1cc(C(O)c2cnccc2C)n(C)n1. The second-order valence-corrected chi connectivity index (χ2v) is 3.97. The summed E-state index contributed by atoms with van der Waals surface area (Å²) in [6.45, 7) is 3.87. The fraction of sp³-hybridized carbons (Fsp3) is 0.333. The maximum atomic E-state index is 10.3. The van der Waals surface area contributed by atoms with Crippen molar-refractivity contribution in [1.29, 1.82) is 0 Å². The van der Waals surface area contributed by atoms with E-state index in [1.54, 1.807) is 17.1 Å². The molecule has 2 heterocycles. The van der Waals surface area contributed by atoms with E-state index in [4.69, 9.17) is 0 Å². The Kier molecular flexibility index (Phi) is 2.75. The maximum Gasteiger partial charge on any atom is 0.122 e. The van der Waals surface area contributed by atoms with Crippen LogP contribution in [0.15, 0.2) is 24.5 Å². The van der Waals surface area contributed by atoms with Gasteiger partial charge in [-0.25, -0.2) is 0 Å². The topological polar surface area (TPSA) is 50.9 Å². The largest absolute Gasteiger partial charge is 0.382 e. The minimum absolute atomic E-state index is 0.667. The fourth-order valence-electron chi connectivity index (χ4n) is 1.81. The number of nitrogens with zero attached hydrogens (tertiary/aromatic N) is 3. The van der Waals surface area contributed by atoms with Crippen molar-refractivity contribution < 1.29 is 5.11 Å². The molecular weight excluding hydrogens is 202 g/mol. The number of aryl methyl sites for hydroxylation is 3. The zero-order chi connectivity index (χ0) is 11.7. The third kappa shape index (κ3) is 1.84. The number of pyridine rings is 1. The number of aliphatic hydroxyl groups is 1. The smallest absolute Gasteiger partial charge is 0.122 e. The van der Waals surface area contributed by atoms with Crippen LogP contribution in [0.5, 0.6) is 0 Å². The van der Waals surface area contributed by atoms with Crippen LogP contribution in [-0.2, 0) is 7.05 Å². The van der Waals surface area contributed by atoms with E-state index < -0.39 is 6.10 Å². The summed E-state index contributed by atoms with van der Waals surface area (Å²) in [6.07, 6.45) is 2.75. The zero-order valence-electron chi connectivity index (χ0n) is 9.68. The predicted octanol–water partition coefficient (Wildman–Crippen LogP) is 1.51. The van der Waals surface area contributed by atoms with Gasteiger partial charge in [-0.05, 0) is 31.5 Å². The standard InChI is InChI=1S/C12H15N3O/c1-8-4-5-13-7-10(8)12(16)11-6-9(2)14-15(11)3/h4-7,12,16H,1-3H3. The summed E-state index contributed by atoms with van der Waals surface area (Å²) in [7, 11) is 1.83. The zero-order valence-corrected chi connectivity index (χ0v) is 9.68. The van der Waals surface area contributed by atoms with Crippen LogP contribution in [0.4, 0.5) is 0 Å². The van der Waals surface area contributed by atoms with Crippen LogP contribution in [0.1, 0.15) is 28.6 Å². The van der Waals surface area contributed by atoms with Gasteiger partial charge in [0, 0.05) is 25.0 Å². The Labute approximate surface area is 94.6 Å². The summed E-state index contributed by atoms with van der Waals surface area (Å²) in [5.74, 6) is 0. The van der Waals surface area contributed by atoms with Gasteiger partial charge >= 0.3 is 0 Å². The molecule has 0 spiro atoms. The number of rotatable bonds is 2. The fourth-order valence-corrected chi connectivity index (χ4v) is 1.81. The molecule has 0 radical (unpaired) electrons. The first-order chi connectivity index (χ1) is 7.59. The molecule has 1 unspecified atom stereocenters. The molecule has 0 amide bonds. The Morgan fingerprint density at radius 1 is 1.38 bits per heavy atom. The van der Waals surface area contributed by atoms with Gasteiger partial charge in [0.25, 0.3) is 0 Å². The summed E-state index contributed by atoms with van der Waals surface area (Å²) in [4.78, 5) is 4.04. The molecule has 84 valence electrons. The Hall–Kier alpha value is -1.68. The minimum atomic E-state index is -0.667. The average molecular weight is 217 g/mol. The van der Waals surface area contributed by atoms with Crippen molar-refractivity contribution in [3.63, 3.8) is 0 Å². The highest BCUT2D eigenvalue weighted by atomic mass is 16.3. The molecule has 0 aromatic carbocycles. The minimum Gasteiger partial charge on any atom is -0.382 e. The molecule has 0 aliphatic rings. The second-order valence-electron chi connectivity index (χ2n) is 3.97. The molecule has 2 aromatic heterocycles. The first-order valence-corrected chi connectivity index (χ1v) is 5.18. The molecule has 2 rings (SSSR count). The lowest BCUT2D eigenvalue weighted by molar-refractivity contribution is 0.208. The quantitative estimate of drug-likeness (QED) is 0.829. The molecule has 0 saturated carbocycles. The highest BCUT2D eigenvalue weighted by molar-refractivity contribution is 5.30. The Morgan fingerprint density at radius 3 is 2.69 bits per heavy atom. The van der Waals surface area contributed by atoms with Gasteiger partial charge < -0.3 is 5.11 Å². The highest BCUT2D eigenvalue weighted by Crippen LogP contribution is 2.23. The average Bonchev–Trinajstić information content (AvgIpc) is 2.58. The Balaban J connectivity index is 2.43. The van der Waals surface area contributed by atoms with E-state index in [1.807, 2.05) is 33.0 Å². The lowest BCUT2D eigenvalue weighted by atomic mass is 10.0. The molecule has 4 nitrogen and oxygen atoms in total. The second kappa shape index (κ2) is 4.06. The van der Waals surface area contributed by atoms with E-state index in [2.05, 4.69) is 10.1 Å². The van der Waals surface area contributed by atoms with Crippen LogP contribution in [0, 0.1) is 13.8 Å². The molecule has 0 aliphatic carbocycles. The molecule has 0 saturated heterocycles. The number of hydrogen-bond donors (Lipinski definition) is 1. The van der Waals surface area contributed by atoms with E-state index >= 15 is 0 Å². The molecule has 1 N–H and O–H groups in total. The first-order valence-electron chi connectivity index (χ1n) is 5.18. The van der Waals surface area contributed by atoms with Crippen molar-refractivity contribution in [3.8, 4) is 0 Å². The van der Waals surface area contributed by atoms with Gasteiger partial charge in [-0.2, -0.15) is 5.10 Å². The van der Waals surface area contributed by atoms with Gasteiger partial charge in [-0.1, -0.05) is 0 Å². The first kappa shape index (κ1) is 10.8. The van der Waals surface area contributed by atoms with Crippen LogP contribution >= 0.6 is 0 Å². The van der Waals surface area contributed by atoms with Crippen LogP contribution < -0.4 is 0 Å². The summed E-state index contributed by atoms with van der Waals surface area (Å²) in [6, 6.07) is 3.78. The van der Waals surface area contributed by atoms with Crippen molar-refractivity contribution in [3.05, 3.63) is 47.0 Å². The molecule has 4 heteroatoms. The molecule has 0 aliphatic heterocycles. The van der Waals surface area contributed by atoms with Crippen molar-refractivity contribution in [2.24, 2.45) is 7.05 Å². The number of hydrogen-bond acceptors (Lipinski definition) is 3. The van der Waals surface area contributed by atoms with Gasteiger partial charge in [-0.3, -0.25) is 9.67 Å². The number of aliphatic hydroxyl groups excluding tert-OH is 1. The van der Waals surface area contributed by atoms with Crippen molar-refractivity contribution in [2.75, 3.05) is 0 Å². The van der Waals surface area contributed by atoms with E-state index in [9.17, 15) is 5.11 Å². The van der Waals surface area contributed by atoms with E-state index in [0.29, 0.717) is 0 Å². The highest BCUT2D eigenvalue weighted by Gasteiger charge is 2.16. The van der Waals surface area contributed by atoms with Gasteiger partial charge in [0.1, 0.15) is 6.10 Å². The van der Waals surface area contributed by atoms with Gasteiger partial charge in [0.15, 0.2) is 0 Å². The van der Waals surface area contributed by atoms with Crippen molar-refractivity contribution in [1.82, 2.24) is 14.8 Å². The molecule has 16 heavy (non-hydrogen) atoms. The Morgan fingerprint density at radius 2 is 2.12 bits per heavy atom. The van der Waals surface area contributed by atoms with Crippen LogP contribution in [0.3, 0.4) is 0 Å². The van der Waals surface area contributed by atoms with Crippen LogP contribution in [0.25, 0.3) is 0 Å². The normalized spacial score (nSPS) is 12.8. The summed E-state index contributed by atoms with van der Waals surface area (Å²) in [5, 5.41) is 14.5. The van der Waals surface area contributed by atoms with Crippen molar-refractivity contribution >= 4 is 0 Å². The Bertz CT molecular complexity index is 505. The summed E-state index contributed by atoms with van der Waals surface area (Å²) < 4.78 is 1.70. The molecule has 0 fully saturated rings. The third-order valence-corrected chi connectivity index (χ3v) is 2.69. The van der Waals surface area contributed by atoms with Crippen LogP contribution in [-0.4, -0.2) is 19.9 Å². The lowest BCUT2D eigenvalue weighted by Crippen LogP contribution is -2.08. The number of aromatic nitrogens is 3. The predicted molar refractivity (Wildman–Crippen MR) is 61.0 cm³/mol. The van der Waals surface area contributed by atoms with Gasteiger partial charge in [0.2, 0.25) is 0 Å².